The number of benzene rings is 1. The number of rotatable bonds is 0. The molecule has 1 aliphatic rings. The van der Waals surface area contributed by atoms with Crippen LogP contribution in [0.4, 0.5) is 0 Å². The van der Waals surface area contributed by atoms with Gasteiger partial charge in [0.05, 0.1) is 11.5 Å². The molecule has 0 saturated carbocycles. The van der Waals surface area contributed by atoms with E-state index in [-0.39, 0.29) is 11.5 Å². The predicted molar refractivity (Wildman–Crippen MR) is 47.8 cm³/mol. The van der Waals surface area contributed by atoms with Gasteiger partial charge in [0.25, 0.3) is 0 Å². The highest BCUT2D eigenvalue weighted by atomic mass is 35.5. The quantitative estimate of drug-likeness (QED) is 0.643. The molecule has 0 spiro atoms. The van der Waals surface area contributed by atoms with Crippen molar-refractivity contribution in [3.8, 4) is 0 Å². The van der Waals surface area contributed by atoms with Gasteiger partial charge in [-0.2, -0.15) is 0 Å². The Labute approximate surface area is 76.1 Å². The summed E-state index contributed by atoms with van der Waals surface area (Å²) in [5.41, 5.74) is 1.63. The normalized spacial score (nSPS) is 19.1. The molecule has 0 unspecified atom stereocenters. The third-order valence-corrected chi connectivity index (χ3v) is 3.79. The van der Waals surface area contributed by atoms with E-state index in [0.29, 0.717) is 5.02 Å². The Bertz CT molecular complexity index is 423. The predicted octanol–water partition coefficient (Wildman–Crippen LogP) is 1.77. The average Bonchev–Trinajstić information content (AvgIpc) is 2.25. The van der Waals surface area contributed by atoms with Crippen LogP contribution in [0.25, 0.3) is 0 Å². The summed E-state index contributed by atoms with van der Waals surface area (Å²) in [5, 5.41) is 0.563. The second kappa shape index (κ2) is 2.47. The molecule has 4 heteroatoms. The van der Waals surface area contributed by atoms with Crippen molar-refractivity contribution >= 4 is 21.4 Å². The van der Waals surface area contributed by atoms with Crippen molar-refractivity contribution in [1.29, 1.82) is 0 Å². The third kappa shape index (κ3) is 1.23. The van der Waals surface area contributed by atoms with Crippen molar-refractivity contribution < 1.29 is 8.42 Å². The van der Waals surface area contributed by atoms with E-state index in [1.165, 1.54) is 0 Å². The Morgan fingerprint density at radius 1 is 1.25 bits per heavy atom. The van der Waals surface area contributed by atoms with Gasteiger partial charge in [-0.3, -0.25) is 0 Å². The SMILES string of the molecule is O=S1(=O)Cc2cccc(Cl)c2C1. The van der Waals surface area contributed by atoms with E-state index >= 15 is 0 Å². The van der Waals surface area contributed by atoms with Crippen LogP contribution < -0.4 is 0 Å². The molecule has 0 aliphatic carbocycles. The van der Waals surface area contributed by atoms with Gasteiger partial charge in [-0.05, 0) is 17.2 Å². The van der Waals surface area contributed by atoms with E-state index in [4.69, 9.17) is 11.6 Å². The average molecular weight is 203 g/mol. The lowest BCUT2D eigenvalue weighted by molar-refractivity contribution is 0.598. The van der Waals surface area contributed by atoms with Crippen LogP contribution in [0.15, 0.2) is 18.2 Å². The molecule has 0 saturated heterocycles. The van der Waals surface area contributed by atoms with Crippen molar-refractivity contribution in [3.05, 3.63) is 34.3 Å². The molecular weight excluding hydrogens is 196 g/mol. The Kier molecular flexibility index (Phi) is 1.66. The first kappa shape index (κ1) is 8.08. The zero-order valence-corrected chi connectivity index (χ0v) is 7.82. The smallest absolute Gasteiger partial charge is 0.158 e. The monoisotopic (exact) mass is 202 g/mol. The van der Waals surface area contributed by atoms with Crippen LogP contribution in [-0.4, -0.2) is 8.42 Å². The molecule has 0 radical (unpaired) electrons. The molecule has 0 fully saturated rings. The fraction of sp³-hybridized carbons (Fsp3) is 0.250. The molecular formula is C8H7ClO2S. The first-order valence-corrected chi connectivity index (χ1v) is 5.75. The molecule has 1 heterocycles. The van der Waals surface area contributed by atoms with Crippen molar-refractivity contribution in [2.45, 2.75) is 11.5 Å². The molecule has 1 aromatic rings. The number of hydrogen-bond donors (Lipinski definition) is 0. The van der Waals surface area contributed by atoms with Crippen LogP contribution in [0.2, 0.25) is 5.02 Å². The van der Waals surface area contributed by atoms with Crippen molar-refractivity contribution in [1.82, 2.24) is 0 Å². The number of hydrogen-bond acceptors (Lipinski definition) is 2. The van der Waals surface area contributed by atoms with Gasteiger partial charge in [-0.25, -0.2) is 8.42 Å². The van der Waals surface area contributed by atoms with E-state index < -0.39 is 9.84 Å². The van der Waals surface area contributed by atoms with Gasteiger partial charge < -0.3 is 0 Å². The van der Waals surface area contributed by atoms with Crippen molar-refractivity contribution in [2.75, 3.05) is 0 Å². The minimum atomic E-state index is -2.91. The van der Waals surface area contributed by atoms with E-state index in [9.17, 15) is 8.42 Å². The van der Waals surface area contributed by atoms with Gasteiger partial charge in [0, 0.05) is 5.02 Å². The zero-order chi connectivity index (χ0) is 8.77. The Morgan fingerprint density at radius 2 is 2.00 bits per heavy atom. The van der Waals surface area contributed by atoms with Gasteiger partial charge in [-0.1, -0.05) is 23.7 Å². The molecule has 0 amide bonds. The standard InChI is InChI=1S/C8H7ClO2S/c9-8-3-1-2-6-4-12(10,11)5-7(6)8/h1-3H,4-5H2. The van der Waals surface area contributed by atoms with Crippen LogP contribution in [0.5, 0.6) is 0 Å². The molecule has 2 rings (SSSR count). The van der Waals surface area contributed by atoms with Crippen LogP contribution in [0.1, 0.15) is 11.1 Å². The Morgan fingerprint density at radius 3 is 2.67 bits per heavy atom. The topological polar surface area (TPSA) is 34.1 Å². The Hall–Kier alpha value is -0.540. The molecule has 0 aromatic heterocycles. The number of sulfone groups is 1. The Balaban J connectivity index is 2.63. The first-order valence-electron chi connectivity index (χ1n) is 3.55. The van der Waals surface area contributed by atoms with Crippen LogP contribution >= 0.6 is 11.6 Å². The maximum atomic E-state index is 11.2. The molecule has 0 atom stereocenters. The summed E-state index contributed by atoms with van der Waals surface area (Å²) in [4.78, 5) is 0. The lowest BCUT2D eigenvalue weighted by Gasteiger charge is -1.96. The lowest BCUT2D eigenvalue weighted by Crippen LogP contribution is -1.95. The van der Waals surface area contributed by atoms with Crippen molar-refractivity contribution in [3.63, 3.8) is 0 Å². The molecule has 1 aromatic carbocycles. The van der Waals surface area contributed by atoms with E-state index in [0.717, 1.165) is 11.1 Å². The molecule has 1 aliphatic heterocycles. The second-order valence-electron chi connectivity index (χ2n) is 2.91. The van der Waals surface area contributed by atoms with E-state index in [1.807, 2.05) is 6.07 Å². The highest BCUT2D eigenvalue weighted by Gasteiger charge is 2.25. The van der Waals surface area contributed by atoms with Gasteiger partial charge >= 0.3 is 0 Å². The summed E-state index contributed by atoms with van der Waals surface area (Å²) in [6.45, 7) is 0. The third-order valence-electron chi connectivity index (χ3n) is 1.96. The second-order valence-corrected chi connectivity index (χ2v) is 5.38. The number of halogens is 1. The van der Waals surface area contributed by atoms with Gasteiger partial charge in [0.2, 0.25) is 0 Å². The fourth-order valence-electron chi connectivity index (χ4n) is 1.41. The van der Waals surface area contributed by atoms with Gasteiger partial charge in [0.15, 0.2) is 9.84 Å². The fourth-order valence-corrected chi connectivity index (χ4v) is 3.38. The molecule has 12 heavy (non-hydrogen) atoms. The highest BCUT2D eigenvalue weighted by Crippen LogP contribution is 2.30. The molecule has 0 N–H and O–H groups in total. The minimum Gasteiger partial charge on any atom is -0.228 e. The van der Waals surface area contributed by atoms with Crippen LogP contribution in [0.3, 0.4) is 0 Å². The number of fused-ring (bicyclic) bond motifs is 1. The minimum absolute atomic E-state index is 0.0992. The summed E-state index contributed by atoms with van der Waals surface area (Å²) >= 11 is 5.83. The van der Waals surface area contributed by atoms with E-state index in [2.05, 4.69) is 0 Å². The maximum absolute atomic E-state index is 11.2. The summed E-state index contributed by atoms with van der Waals surface area (Å²) in [6, 6.07) is 5.31. The van der Waals surface area contributed by atoms with Crippen molar-refractivity contribution in [2.24, 2.45) is 0 Å². The van der Waals surface area contributed by atoms with Crippen LogP contribution in [-0.2, 0) is 21.3 Å². The van der Waals surface area contributed by atoms with Gasteiger partial charge in [-0.15, -0.1) is 0 Å². The molecule has 2 nitrogen and oxygen atoms in total. The molecule has 0 bridgehead atoms. The lowest BCUT2D eigenvalue weighted by atomic mass is 10.1. The summed E-state index contributed by atoms with van der Waals surface area (Å²) in [6.07, 6.45) is 0. The zero-order valence-electron chi connectivity index (χ0n) is 6.25. The van der Waals surface area contributed by atoms with Gasteiger partial charge in [0.1, 0.15) is 0 Å². The largest absolute Gasteiger partial charge is 0.228 e. The maximum Gasteiger partial charge on any atom is 0.158 e. The first-order chi connectivity index (χ1) is 5.58. The summed E-state index contributed by atoms with van der Waals surface area (Å²) in [7, 11) is -2.91. The van der Waals surface area contributed by atoms with E-state index in [1.54, 1.807) is 12.1 Å². The summed E-state index contributed by atoms with van der Waals surface area (Å²) in [5.74, 6) is 0.241. The highest BCUT2D eigenvalue weighted by molar-refractivity contribution is 7.90. The van der Waals surface area contributed by atoms with Crippen LogP contribution in [0, 0.1) is 0 Å². The molecule has 64 valence electrons. The summed E-state index contributed by atoms with van der Waals surface area (Å²) < 4.78 is 22.4.